The number of hydrogen-bond acceptors (Lipinski definition) is 5. The summed E-state index contributed by atoms with van der Waals surface area (Å²) < 4.78 is 16.8. The van der Waals surface area contributed by atoms with Gasteiger partial charge in [-0.3, -0.25) is 9.78 Å². The van der Waals surface area contributed by atoms with E-state index in [0.717, 1.165) is 16.9 Å². The molecular weight excluding hydrogens is 270 g/mol. The van der Waals surface area contributed by atoms with Crippen LogP contribution >= 0.6 is 0 Å². The Kier molecular flexibility index (Phi) is 3.92. The van der Waals surface area contributed by atoms with E-state index in [4.69, 9.17) is 14.2 Å². The van der Waals surface area contributed by atoms with E-state index in [1.165, 1.54) is 0 Å². The number of hydrogen-bond donors (Lipinski definition) is 0. The van der Waals surface area contributed by atoms with Crippen molar-refractivity contribution in [1.29, 1.82) is 0 Å². The van der Waals surface area contributed by atoms with E-state index in [1.807, 2.05) is 26.0 Å². The van der Waals surface area contributed by atoms with Crippen LogP contribution in [0.4, 0.5) is 0 Å². The highest BCUT2D eigenvalue weighted by Gasteiger charge is 2.42. The molecule has 5 heteroatoms. The topological polar surface area (TPSA) is 57.7 Å². The average molecular weight is 289 g/mol. The zero-order chi connectivity index (χ0) is 14.8. The fourth-order valence-electron chi connectivity index (χ4n) is 2.97. The van der Waals surface area contributed by atoms with Crippen LogP contribution in [0.15, 0.2) is 24.5 Å². The van der Waals surface area contributed by atoms with Crippen molar-refractivity contribution in [3.63, 3.8) is 0 Å². The van der Waals surface area contributed by atoms with Gasteiger partial charge in [-0.25, -0.2) is 0 Å². The monoisotopic (exact) mass is 289 g/mol. The van der Waals surface area contributed by atoms with Gasteiger partial charge in [0.15, 0.2) is 0 Å². The van der Waals surface area contributed by atoms with Crippen molar-refractivity contribution in [3.8, 4) is 5.75 Å². The normalized spacial score (nSPS) is 26.4. The Morgan fingerprint density at radius 2 is 2.29 bits per heavy atom. The highest BCUT2D eigenvalue weighted by molar-refractivity contribution is 5.82. The van der Waals surface area contributed by atoms with Gasteiger partial charge in [-0.2, -0.15) is 0 Å². The minimum absolute atomic E-state index is 0.115. The summed E-state index contributed by atoms with van der Waals surface area (Å²) in [5.41, 5.74) is 2.13. The highest BCUT2D eigenvalue weighted by Crippen LogP contribution is 2.43. The van der Waals surface area contributed by atoms with Crippen LogP contribution in [0.2, 0.25) is 0 Å². The Bertz CT molecular complexity index is 569. The van der Waals surface area contributed by atoms with E-state index in [2.05, 4.69) is 4.98 Å². The Morgan fingerprint density at radius 3 is 3.05 bits per heavy atom. The molecule has 0 amide bonds. The molecule has 0 radical (unpaired) electrons. The molecule has 21 heavy (non-hydrogen) atoms. The maximum absolute atomic E-state index is 12.1. The molecule has 2 aliphatic rings. The van der Waals surface area contributed by atoms with Crippen molar-refractivity contribution < 1.29 is 19.0 Å². The molecule has 112 valence electrons. The molecule has 2 heterocycles. The Balaban J connectivity index is 1.90. The second-order valence-electron chi connectivity index (χ2n) is 5.11. The van der Waals surface area contributed by atoms with Gasteiger partial charge < -0.3 is 14.2 Å². The molecule has 1 aromatic rings. The summed E-state index contributed by atoms with van der Waals surface area (Å²) in [6.07, 6.45) is 5.66. The third-order valence-electron chi connectivity index (χ3n) is 3.87. The SMILES string of the molecule is CCOC(=O)[C@@H]1C[C@H]2Oc3cnccc3C2=C[C@H]1OCC. The molecule has 1 aromatic heterocycles. The van der Waals surface area contributed by atoms with Crippen LogP contribution in [0.1, 0.15) is 25.8 Å². The summed E-state index contributed by atoms with van der Waals surface area (Å²) in [5, 5.41) is 0. The zero-order valence-corrected chi connectivity index (χ0v) is 12.2. The van der Waals surface area contributed by atoms with Gasteiger partial charge in [0.1, 0.15) is 11.9 Å². The van der Waals surface area contributed by atoms with Crippen molar-refractivity contribution in [2.75, 3.05) is 13.2 Å². The molecular formula is C16H19NO4. The van der Waals surface area contributed by atoms with Gasteiger partial charge in [-0.1, -0.05) is 0 Å². The third-order valence-corrected chi connectivity index (χ3v) is 3.87. The second kappa shape index (κ2) is 5.85. The first-order valence-electron chi connectivity index (χ1n) is 7.35. The van der Waals surface area contributed by atoms with Crippen molar-refractivity contribution in [1.82, 2.24) is 4.98 Å². The number of carbonyl (C=O) groups excluding carboxylic acids is 1. The highest BCUT2D eigenvalue weighted by atomic mass is 16.5. The molecule has 5 nitrogen and oxygen atoms in total. The predicted octanol–water partition coefficient (Wildman–Crippen LogP) is 2.21. The lowest BCUT2D eigenvalue weighted by Crippen LogP contribution is -2.38. The van der Waals surface area contributed by atoms with Gasteiger partial charge in [-0.05, 0) is 26.0 Å². The second-order valence-corrected chi connectivity index (χ2v) is 5.11. The van der Waals surface area contributed by atoms with Crippen molar-refractivity contribution in [2.24, 2.45) is 5.92 Å². The largest absolute Gasteiger partial charge is 0.483 e. The van der Waals surface area contributed by atoms with Gasteiger partial charge in [0.2, 0.25) is 0 Å². The number of esters is 1. The fourth-order valence-corrected chi connectivity index (χ4v) is 2.97. The number of fused-ring (bicyclic) bond motifs is 3. The van der Waals surface area contributed by atoms with Gasteiger partial charge in [0.05, 0.1) is 24.8 Å². The summed E-state index contributed by atoms with van der Waals surface area (Å²) >= 11 is 0. The van der Waals surface area contributed by atoms with Crippen LogP contribution in [0.3, 0.4) is 0 Å². The van der Waals surface area contributed by atoms with Crippen molar-refractivity contribution >= 4 is 11.5 Å². The quantitative estimate of drug-likeness (QED) is 0.795. The Labute approximate surface area is 123 Å². The van der Waals surface area contributed by atoms with Gasteiger partial charge in [-0.15, -0.1) is 0 Å². The first-order chi connectivity index (χ1) is 10.2. The van der Waals surface area contributed by atoms with E-state index in [1.54, 1.807) is 12.4 Å². The molecule has 0 saturated carbocycles. The number of ether oxygens (including phenoxy) is 3. The number of pyridine rings is 1. The van der Waals surface area contributed by atoms with Crippen LogP contribution in [0.5, 0.6) is 5.75 Å². The molecule has 0 fully saturated rings. The summed E-state index contributed by atoms with van der Waals surface area (Å²) in [4.78, 5) is 16.2. The lowest BCUT2D eigenvalue weighted by molar-refractivity contribution is -0.153. The molecule has 0 aromatic carbocycles. The number of rotatable bonds is 4. The third kappa shape index (κ3) is 2.53. The van der Waals surface area contributed by atoms with E-state index in [-0.39, 0.29) is 24.1 Å². The average Bonchev–Trinajstić information content (AvgIpc) is 2.85. The molecule has 0 N–H and O–H groups in total. The van der Waals surface area contributed by atoms with Crippen LogP contribution in [-0.4, -0.2) is 36.4 Å². The fraction of sp³-hybridized carbons (Fsp3) is 0.500. The van der Waals surface area contributed by atoms with E-state index >= 15 is 0 Å². The van der Waals surface area contributed by atoms with Crippen LogP contribution in [-0.2, 0) is 14.3 Å². The Morgan fingerprint density at radius 1 is 1.43 bits per heavy atom. The maximum atomic E-state index is 12.1. The van der Waals surface area contributed by atoms with Gasteiger partial charge in [0.25, 0.3) is 0 Å². The zero-order valence-electron chi connectivity index (χ0n) is 12.2. The molecule has 0 saturated heterocycles. The van der Waals surface area contributed by atoms with Crippen LogP contribution in [0.25, 0.3) is 5.57 Å². The minimum atomic E-state index is -0.319. The number of nitrogens with zero attached hydrogens (tertiary/aromatic N) is 1. The lowest BCUT2D eigenvalue weighted by atomic mass is 9.83. The molecule has 3 atom stereocenters. The summed E-state index contributed by atoms with van der Waals surface area (Å²) in [7, 11) is 0. The number of carbonyl (C=O) groups is 1. The van der Waals surface area contributed by atoms with Crippen LogP contribution < -0.4 is 4.74 Å². The predicted molar refractivity (Wildman–Crippen MR) is 76.8 cm³/mol. The molecule has 1 aliphatic heterocycles. The smallest absolute Gasteiger partial charge is 0.312 e. The maximum Gasteiger partial charge on any atom is 0.312 e. The molecule has 0 unspecified atom stereocenters. The van der Waals surface area contributed by atoms with Crippen LogP contribution in [0, 0.1) is 5.92 Å². The van der Waals surface area contributed by atoms with Gasteiger partial charge >= 0.3 is 5.97 Å². The molecule has 0 spiro atoms. The van der Waals surface area contributed by atoms with E-state index < -0.39 is 0 Å². The van der Waals surface area contributed by atoms with Crippen molar-refractivity contribution in [3.05, 3.63) is 30.1 Å². The molecule has 1 aliphatic carbocycles. The lowest BCUT2D eigenvalue weighted by Gasteiger charge is -2.30. The van der Waals surface area contributed by atoms with E-state index in [0.29, 0.717) is 19.6 Å². The van der Waals surface area contributed by atoms with Crippen molar-refractivity contribution in [2.45, 2.75) is 32.5 Å². The first-order valence-corrected chi connectivity index (χ1v) is 7.35. The standard InChI is InChI=1S/C16H19NO4/c1-3-19-13-7-11-10-5-6-17-9-15(10)21-14(11)8-12(13)16(18)20-4-2/h5-7,9,12-14H,3-4,8H2,1-2H3/t12-,13-,14-/m1/s1. The Hall–Kier alpha value is -1.88. The summed E-state index contributed by atoms with van der Waals surface area (Å²) in [5.74, 6) is 0.235. The first kappa shape index (κ1) is 14.1. The van der Waals surface area contributed by atoms with E-state index in [9.17, 15) is 4.79 Å². The summed E-state index contributed by atoms with van der Waals surface area (Å²) in [6, 6.07) is 1.94. The minimum Gasteiger partial charge on any atom is -0.483 e. The van der Waals surface area contributed by atoms with Gasteiger partial charge in [0, 0.05) is 30.4 Å². The molecule has 0 bridgehead atoms. The molecule has 3 rings (SSSR count). The number of aromatic nitrogens is 1. The summed E-state index contributed by atoms with van der Waals surface area (Å²) in [6.45, 7) is 4.67.